The van der Waals surface area contributed by atoms with Gasteiger partial charge >= 0.3 is 5.97 Å². The first-order chi connectivity index (χ1) is 9.10. The Morgan fingerprint density at radius 3 is 2.84 bits per heavy atom. The molecule has 0 fully saturated rings. The summed E-state index contributed by atoms with van der Waals surface area (Å²) in [7, 11) is 1.46. The third-order valence-corrected chi connectivity index (χ3v) is 2.32. The first kappa shape index (κ1) is 12.9. The molecule has 0 bridgehead atoms. The Bertz CT molecular complexity index is 594. The van der Waals surface area contributed by atoms with E-state index in [1.54, 1.807) is 13.0 Å². The maximum Gasteiger partial charge on any atom is 0.342 e. The molecule has 0 unspecified atom stereocenters. The van der Waals surface area contributed by atoms with Gasteiger partial charge < -0.3 is 19.1 Å². The van der Waals surface area contributed by atoms with Crippen molar-refractivity contribution in [1.29, 1.82) is 0 Å². The average Bonchev–Trinajstić information content (AvgIpc) is 2.81. The molecule has 7 heteroatoms. The number of rotatable bonds is 4. The standard InChI is InChI=1S/C12H12N2O5/c1-7-13-11(19-14-7)6-18-12(16)9-4-3-8(17-2)5-10(9)15/h3-5,15H,6H2,1-2H3. The minimum atomic E-state index is -0.684. The summed E-state index contributed by atoms with van der Waals surface area (Å²) in [5.41, 5.74) is 0.0389. The van der Waals surface area contributed by atoms with E-state index in [2.05, 4.69) is 10.1 Å². The van der Waals surface area contributed by atoms with Crippen LogP contribution in [0.2, 0.25) is 0 Å². The Morgan fingerprint density at radius 2 is 2.26 bits per heavy atom. The highest BCUT2D eigenvalue weighted by Gasteiger charge is 2.15. The molecule has 0 atom stereocenters. The monoisotopic (exact) mass is 264 g/mol. The number of benzene rings is 1. The molecular formula is C12H12N2O5. The number of phenols is 1. The summed E-state index contributed by atoms with van der Waals surface area (Å²) in [5, 5.41) is 13.2. The van der Waals surface area contributed by atoms with E-state index in [1.165, 1.54) is 19.2 Å². The quantitative estimate of drug-likeness (QED) is 0.835. The fourth-order valence-corrected chi connectivity index (χ4v) is 1.41. The summed E-state index contributed by atoms with van der Waals surface area (Å²) >= 11 is 0. The Kier molecular flexibility index (Phi) is 3.65. The normalized spacial score (nSPS) is 10.2. The highest BCUT2D eigenvalue weighted by Crippen LogP contribution is 2.24. The number of aryl methyl sites for hydroxylation is 1. The minimum Gasteiger partial charge on any atom is -0.507 e. The first-order valence-electron chi connectivity index (χ1n) is 5.43. The number of ether oxygens (including phenoxy) is 2. The zero-order valence-electron chi connectivity index (χ0n) is 10.4. The summed E-state index contributed by atoms with van der Waals surface area (Å²) in [5.74, 6) is 0.195. The summed E-state index contributed by atoms with van der Waals surface area (Å²) in [6, 6.07) is 4.29. The Hall–Kier alpha value is -2.57. The molecule has 19 heavy (non-hydrogen) atoms. The number of nitrogens with zero attached hydrogens (tertiary/aromatic N) is 2. The van der Waals surface area contributed by atoms with Crippen LogP contribution in [0.25, 0.3) is 0 Å². The van der Waals surface area contributed by atoms with Crippen molar-refractivity contribution < 1.29 is 23.9 Å². The Morgan fingerprint density at radius 1 is 1.47 bits per heavy atom. The van der Waals surface area contributed by atoms with Crippen LogP contribution in [0.3, 0.4) is 0 Å². The van der Waals surface area contributed by atoms with E-state index in [0.717, 1.165) is 0 Å². The molecule has 0 saturated carbocycles. The number of aromatic hydroxyl groups is 1. The Balaban J connectivity index is 2.03. The zero-order valence-corrected chi connectivity index (χ0v) is 10.4. The number of carbonyl (C=O) groups excluding carboxylic acids is 1. The molecular weight excluding hydrogens is 252 g/mol. The van der Waals surface area contributed by atoms with Crippen LogP contribution in [0, 0.1) is 6.92 Å². The van der Waals surface area contributed by atoms with Gasteiger partial charge in [0.25, 0.3) is 5.89 Å². The number of methoxy groups -OCH3 is 1. The molecule has 2 aromatic rings. The molecule has 0 aliphatic heterocycles. The lowest BCUT2D eigenvalue weighted by Crippen LogP contribution is -2.06. The van der Waals surface area contributed by atoms with Crippen LogP contribution in [-0.2, 0) is 11.3 Å². The van der Waals surface area contributed by atoms with Gasteiger partial charge in [-0.05, 0) is 19.1 Å². The summed E-state index contributed by atoms with van der Waals surface area (Å²) in [6.45, 7) is 1.51. The van der Waals surface area contributed by atoms with Crippen LogP contribution in [-0.4, -0.2) is 28.3 Å². The Labute approximate surface area is 108 Å². The lowest BCUT2D eigenvalue weighted by molar-refractivity contribution is 0.0426. The maximum atomic E-state index is 11.7. The smallest absolute Gasteiger partial charge is 0.342 e. The maximum absolute atomic E-state index is 11.7. The van der Waals surface area contributed by atoms with Gasteiger partial charge in [0.05, 0.1) is 7.11 Å². The summed E-state index contributed by atoms with van der Waals surface area (Å²) < 4.78 is 14.7. The van der Waals surface area contributed by atoms with E-state index >= 15 is 0 Å². The fraction of sp³-hybridized carbons (Fsp3) is 0.250. The van der Waals surface area contributed by atoms with Gasteiger partial charge in [0, 0.05) is 6.07 Å². The predicted molar refractivity (Wildman–Crippen MR) is 62.8 cm³/mol. The summed E-state index contributed by atoms with van der Waals surface area (Å²) in [4.78, 5) is 15.6. The van der Waals surface area contributed by atoms with Crippen molar-refractivity contribution >= 4 is 5.97 Å². The molecule has 0 amide bonds. The van der Waals surface area contributed by atoms with Crippen molar-refractivity contribution in [2.75, 3.05) is 7.11 Å². The largest absolute Gasteiger partial charge is 0.507 e. The van der Waals surface area contributed by atoms with E-state index in [0.29, 0.717) is 11.6 Å². The third-order valence-electron chi connectivity index (χ3n) is 2.32. The molecule has 0 spiro atoms. The highest BCUT2D eigenvalue weighted by molar-refractivity contribution is 5.92. The van der Waals surface area contributed by atoms with Crippen LogP contribution in [0.4, 0.5) is 0 Å². The van der Waals surface area contributed by atoms with E-state index < -0.39 is 5.97 Å². The van der Waals surface area contributed by atoms with Crippen LogP contribution in [0.1, 0.15) is 22.1 Å². The van der Waals surface area contributed by atoms with Crippen LogP contribution in [0.15, 0.2) is 22.7 Å². The molecule has 7 nitrogen and oxygen atoms in total. The molecule has 1 aromatic heterocycles. The van der Waals surface area contributed by atoms with Crippen LogP contribution in [0.5, 0.6) is 11.5 Å². The predicted octanol–water partition coefficient (Wildman–Crippen LogP) is 1.45. The topological polar surface area (TPSA) is 94.7 Å². The van der Waals surface area contributed by atoms with Gasteiger partial charge in [-0.1, -0.05) is 5.16 Å². The van der Waals surface area contributed by atoms with Gasteiger partial charge in [0.1, 0.15) is 17.1 Å². The van der Waals surface area contributed by atoms with Gasteiger partial charge in [0.15, 0.2) is 12.4 Å². The van der Waals surface area contributed by atoms with Crippen molar-refractivity contribution in [2.24, 2.45) is 0 Å². The number of esters is 1. The lowest BCUT2D eigenvalue weighted by Gasteiger charge is -2.06. The fourth-order valence-electron chi connectivity index (χ4n) is 1.41. The molecule has 0 radical (unpaired) electrons. The average molecular weight is 264 g/mol. The molecule has 0 saturated heterocycles. The molecule has 1 heterocycles. The second-order valence-electron chi connectivity index (χ2n) is 3.69. The number of aromatic nitrogens is 2. The van der Waals surface area contributed by atoms with E-state index in [1.807, 2.05) is 0 Å². The minimum absolute atomic E-state index is 0.0389. The van der Waals surface area contributed by atoms with Gasteiger partial charge in [0.2, 0.25) is 0 Å². The van der Waals surface area contributed by atoms with Crippen molar-refractivity contribution in [1.82, 2.24) is 10.1 Å². The second kappa shape index (κ2) is 5.38. The van der Waals surface area contributed by atoms with Crippen LogP contribution >= 0.6 is 0 Å². The highest BCUT2D eigenvalue weighted by atomic mass is 16.6. The summed E-state index contributed by atoms with van der Waals surface area (Å²) in [6.07, 6.45) is 0. The van der Waals surface area contributed by atoms with Crippen molar-refractivity contribution in [3.63, 3.8) is 0 Å². The molecule has 0 aliphatic rings. The van der Waals surface area contributed by atoms with Gasteiger partial charge in [-0.3, -0.25) is 0 Å². The molecule has 0 aliphatic carbocycles. The van der Waals surface area contributed by atoms with E-state index in [-0.39, 0.29) is 23.8 Å². The van der Waals surface area contributed by atoms with Gasteiger partial charge in [-0.25, -0.2) is 4.79 Å². The molecule has 1 N–H and O–H groups in total. The molecule has 1 aromatic carbocycles. The van der Waals surface area contributed by atoms with Crippen LogP contribution < -0.4 is 4.74 Å². The number of carbonyl (C=O) groups is 1. The SMILES string of the molecule is COc1ccc(C(=O)OCc2nc(C)no2)c(O)c1. The zero-order chi connectivity index (χ0) is 13.8. The molecule has 2 rings (SSSR count). The third kappa shape index (κ3) is 3.01. The van der Waals surface area contributed by atoms with Gasteiger partial charge in [-0.2, -0.15) is 4.98 Å². The van der Waals surface area contributed by atoms with Crippen molar-refractivity contribution in [3.05, 3.63) is 35.5 Å². The van der Waals surface area contributed by atoms with E-state index in [9.17, 15) is 9.90 Å². The van der Waals surface area contributed by atoms with Crippen molar-refractivity contribution in [2.45, 2.75) is 13.5 Å². The number of hydrogen-bond donors (Lipinski definition) is 1. The number of hydrogen-bond acceptors (Lipinski definition) is 7. The van der Waals surface area contributed by atoms with Gasteiger partial charge in [-0.15, -0.1) is 0 Å². The van der Waals surface area contributed by atoms with E-state index in [4.69, 9.17) is 14.0 Å². The lowest BCUT2D eigenvalue weighted by atomic mass is 10.2. The second-order valence-corrected chi connectivity index (χ2v) is 3.69. The van der Waals surface area contributed by atoms with Crippen molar-refractivity contribution in [3.8, 4) is 11.5 Å². The number of phenolic OH excluding ortho intramolecular Hbond substituents is 1. The molecule has 100 valence electrons. The first-order valence-corrected chi connectivity index (χ1v) is 5.43.